The summed E-state index contributed by atoms with van der Waals surface area (Å²) in [6.07, 6.45) is 2.93. The van der Waals surface area contributed by atoms with Gasteiger partial charge >= 0.3 is 5.69 Å². The third-order valence-corrected chi connectivity index (χ3v) is 3.87. The van der Waals surface area contributed by atoms with Crippen LogP contribution in [-0.2, 0) is 13.1 Å². The number of carbonyl (C=O) groups excluding carboxylic acids is 1. The minimum absolute atomic E-state index is 0.246. The molecule has 1 N–H and O–H groups in total. The normalized spacial score (nSPS) is 10.7. The van der Waals surface area contributed by atoms with Gasteiger partial charge in [0.2, 0.25) is 5.69 Å². The monoisotopic (exact) mass is 374 g/mol. The molecule has 0 saturated heterocycles. The van der Waals surface area contributed by atoms with Gasteiger partial charge in [-0.2, -0.15) is 10.2 Å². The molecule has 134 valence electrons. The van der Waals surface area contributed by atoms with Crippen molar-refractivity contribution in [2.45, 2.75) is 20.0 Å². The molecule has 9 nitrogen and oxygen atoms in total. The Morgan fingerprint density at radius 3 is 2.62 bits per heavy atom. The summed E-state index contributed by atoms with van der Waals surface area (Å²) in [5, 5.41) is 22.5. The van der Waals surface area contributed by atoms with E-state index in [0.29, 0.717) is 18.1 Å². The van der Waals surface area contributed by atoms with E-state index in [1.54, 1.807) is 36.0 Å². The molecule has 2 aromatic heterocycles. The van der Waals surface area contributed by atoms with Gasteiger partial charge in [-0.05, 0) is 24.6 Å². The molecule has 1 amide bonds. The van der Waals surface area contributed by atoms with Crippen molar-refractivity contribution in [1.82, 2.24) is 19.6 Å². The zero-order valence-electron chi connectivity index (χ0n) is 13.8. The molecular formula is C16H15ClN6O3. The molecule has 0 radical (unpaired) electrons. The second kappa shape index (κ2) is 7.36. The van der Waals surface area contributed by atoms with Gasteiger partial charge in [0, 0.05) is 23.8 Å². The highest BCUT2D eigenvalue weighted by atomic mass is 35.5. The molecule has 0 aliphatic carbocycles. The average Bonchev–Trinajstić information content (AvgIpc) is 3.23. The van der Waals surface area contributed by atoms with Gasteiger partial charge in [0.1, 0.15) is 6.20 Å². The number of benzene rings is 1. The summed E-state index contributed by atoms with van der Waals surface area (Å²) in [5.74, 6) is -0.398. The first kappa shape index (κ1) is 17.6. The Bertz CT molecular complexity index is 947. The number of anilines is 1. The van der Waals surface area contributed by atoms with Crippen LogP contribution in [0.15, 0.2) is 42.7 Å². The van der Waals surface area contributed by atoms with E-state index < -0.39 is 10.8 Å². The van der Waals surface area contributed by atoms with Crippen molar-refractivity contribution in [2.75, 3.05) is 5.32 Å². The first-order valence-electron chi connectivity index (χ1n) is 7.77. The van der Waals surface area contributed by atoms with Crippen LogP contribution in [0.3, 0.4) is 0 Å². The predicted octanol–water partition coefficient (Wildman–Crippen LogP) is 2.96. The topological polar surface area (TPSA) is 108 Å². The molecule has 0 atom stereocenters. The standard InChI is InChI=1S/C16H15ClN6O3/c1-2-21-10-13(23(25)26)15(20-21)16(24)18-14-7-8-22(19-14)9-11-3-5-12(17)6-4-11/h3-8,10H,2,9H2,1H3,(H,18,19,24). The molecule has 0 aliphatic heterocycles. The summed E-state index contributed by atoms with van der Waals surface area (Å²) < 4.78 is 2.98. The van der Waals surface area contributed by atoms with Crippen LogP contribution in [-0.4, -0.2) is 30.4 Å². The van der Waals surface area contributed by atoms with Gasteiger partial charge in [0.05, 0.1) is 11.5 Å². The molecule has 0 fully saturated rings. The van der Waals surface area contributed by atoms with E-state index in [2.05, 4.69) is 15.5 Å². The average molecular weight is 375 g/mol. The smallest absolute Gasteiger partial charge is 0.303 e. The minimum atomic E-state index is -0.680. The van der Waals surface area contributed by atoms with E-state index in [4.69, 9.17) is 11.6 Å². The largest absolute Gasteiger partial charge is 0.320 e. The Labute approximate surface area is 153 Å². The van der Waals surface area contributed by atoms with Gasteiger partial charge in [-0.3, -0.25) is 24.3 Å². The van der Waals surface area contributed by atoms with Gasteiger partial charge in [-0.25, -0.2) is 0 Å². The van der Waals surface area contributed by atoms with E-state index in [9.17, 15) is 14.9 Å². The summed E-state index contributed by atoms with van der Waals surface area (Å²) in [7, 11) is 0. The molecule has 0 saturated carbocycles. The third kappa shape index (κ3) is 3.89. The quantitative estimate of drug-likeness (QED) is 0.527. The van der Waals surface area contributed by atoms with Crippen molar-refractivity contribution in [3.63, 3.8) is 0 Å². The lowest BCUT2D eigenvalue weighted by Crippen LogP contribution is -2.15. The maximum absolute atomic E-state index is 12.3. The van der Waals surface area contributed by atoms with Crippen LogP contribution >= 0.6 is 11.6 Å². The molecule has 3 aromatic rings. The second-order valence-electron chi connectivity index (χ2n) is 5.45. The Morgan fingerprint density at radius 1 is 1.23 bits per heavy atom. The van der Waals surface area contributed by atoms with Gasteiger partial charge in [0.15, 0.2) is 5.82 Å². The number of halogens is 1. The van der Waals surface area contributed by atoms with Crippen LogP contribution in [0.5, 0.6) is 0 Å². The molecule has 1 aromatic carbocycles. The highest BCUT2D eigenvalue weighted by Gasteiger charge is 2.25. The Balaban J connectivity index is 1.72. The van der Waals surface area contributed by atoms with Crippen LogP contribution in [0, 0.1) is 10.1 Å². The van der Waals surface area contributed by atoms with Gasteiger partial charge in [-0.1, -0.05) is 23.7 Å². The Hall–Kier alpha value is -3.20. The van der Waals surface area contributed by atoms with Crippen LogP contribution in [0.25, 0.3) is 0 Å². The maximum atomic E-state index is 12.3. The number of aryl methyl sites for hydroxylation is 1. The molecule has 0 spiro atoms. The van der Waals surface area contributed by atoms with Crippen molar-refractivity contribution in [1.29, 1.82) is 0 Å². The van der Waals surface area contributed by atoms with Crippen LogP contribution in [0.1, 0.15) is 23.0 Å². The number of carbonyl (C=O) groups is 1. The van der Waals surface area contributed by atoms with Crippen molar-refractivity contribution in [3.8, 4) is 0 Å². The molecule has 10 heteroatoms. The van der Waals surface area contributed by atoms with E-state index in [1.807, 2.05) is 12.1 Å². The SMILES string of the molecule is CCn1cc([N+](=O)[O-])c(C(=O)Nc2ccn(Cc3ccc(Cl)cc3)n2)n1. The van der Waals surface area contributed by atoms with Crippen LogP contribution in [0.2, 0.25) is 5.02 Å². The fraction of sp³-hybridized carbons (Fsp3) is 0.188. The third-order valence-electron chi connectivity index (χ3n) is 3.62. The fourth-order valence-corrected chi connectivity index (χ4v) is 2.46. The number of hydrogen-bond donors (Lipinski definition) is 1. The van der Waals surface area contributed by atoms with Crippen molar-refractivity contribution >= 4 is 29.0 Å². The van der Waals surface area contributed by atoms with Crippen LogP contribution in [0.4, 0.5) is 11.5 Å². The molecule has 0 unspecified atom stereocenters. The van der Waals surface area contributed by atoms with Gasteiger partial charge < -0.3 is 5.32 Å². The van der Waals surface area contributed by atoms with E-state index in [1.165, 1.54) is 10.9 Å². The Kier molecular flexibility index (Phi) is 4.99. The lowest BCUT2D eigenvalue weighted by Gasteiger charge is -2.02. The molecular weight excluding hydrogens is 360 g/mol. The molecule has 3 rings (SSSR count). The number of rotatable bonds is 6. The first-order valence-corrected chi connectivity index (χ1v) is 8.15. The number of amides is 1. The molecule has 26 heavy (non-hydrogen) atoms. The van der Waals surface area contributed by atoms with E-state index in [-0.39, 0.29) is 17.2 Å². The fourth-order valence-electron chi connectivity index (χ4n) is 2.34. The minimum Gasteiger partial charge on any atom is -0.303 e. The summed E-state index contributed by atoms with van der Waals surface area (Å²) in [6, 6.07) is 8.93. The molecule has 0 aliphatic rings. The highest BCUT2D eigenvalue weighted by molar-refractivity contribution is 6.30. The van der Waals surface area contributed by atoms with E-state index >= 15 is 0 Å². The van der Waals surface area contributed by atoms with Gasteiger partial charge in [0.25, 0.3) is 5.91 Å². The van der Waals surface area contributed by atoms with Gasteiger partial charge in [-0.15, -0.1) is 0 Å². The summed E-state index contributed by atoms with van der Waals surface area (Å²) in [5.41, 5.74) is 0.404. The Morgan fingerprint density at radius 2 is 1.96 bits per heavy atom. The second-order valence-corrected chi connectivity index (χ2v) is 5.89. The lowest BCUT2D eigenvalue weighted by molar-refractivity contribution is -0.385. The van der Waals surface area contributed by atoms with Crippen LogP contribution < -0.4 is 5.32 Å². The van der Waals surface area contributed by atoms with Crippen molar-refractivity contribution in [3.05, 3.63) is 69.1 Å². The van der Waals surface area contributed by atoms with Crippen molar-refractivity contribution in [2.24, 2.45) is 0 Å². The summed E-state index contributed by atoms with van der Waals surface area (Å²) in [6.45, 7) is 2.69. The number of hydrogen-bond acceptors (Lipinski definition) is 5. The lowest BCUT2D eigenvalue weighted by atomic mass is 10.2. The number of nitrogens with zero attached hydrogens (tertiary/aromatic N) is 5. The molecule has 2 heterocycles. The highest BCUT2D eigenvalue weighted by Crippen LogP contribution is 2.18. The number of nitrogens with one attached hydrogen (secondary N) is 1. The molecule has 0 bridgehead atoms. The first-order chi connectivity index (χ1) is 12.5. The zero-order chi connectivity index (χ0) is 18.7. The predicted molar refractivity (Wildman–Crippen MR) is 95.3 cm³/mol. The summed E-state index contributed by atoms with van der Waals surface area (Å²) in [4.78, 5) is 22.8. The maximum Gasteiger partial charge on any atom is 0.320 e. The number of aromatic nitrogens is 4. The number of nitro groups is 1. The summed E-state index contributed by atoms with van der Waals surface area (Å²) >= 11 is 5.86. The van der Waals surface area contributed by atoms with Crippen molar-refractivity contribution < 1.29 is 9.72 Å². The zero-order valence-corrected chi connectivity index (χ0v) is 14.6. The van der Waals surface area contributed by atoms with E-state index in [0.717, 1.165) is 5.56 Å².